The molecule has 1 heterocycles. The van der Waals surface area contributed by atoms with Gasteiger partial charge in [0.05, 0.1) is 6.10 Å². The first-order valence-electron chi connectivity index (χ1n) is 10.6. The van der Waals surface area contributed by atoms with Crippen LogP contribution in [0.3, 0.4) is 0 Å². The van der Waals surface area contributed by atoms with Crippen LogP contribution in [0.5, 0.6) is 5.75 Å². The van der Waals surface area contributed by atoms with Crippen LogP contribution >= 0.6 is 0 Å². The molecule has 0 saturated carbocycles. The van der Waals surface area contributed by atoms with Crippen LogP contribution in [0.1, 0.15) is 29.8 Å². The predicted octanol–water partition coefficient (Wildman–Crippen LogP) is 1.22. The average Bonchev–Trinajstić information content (AvgIpc) is 2.79. The minimum atomic E-state index is -1.53. The lowest BCUT2D eigenvalue weighted by Gasteiger charge is -2.42. The molecule has 32 heavy (non-hydrogen) atoms. The van der Waals surface area contributed by atoms with Crippen LogP contribution in [0, 0.1) is 12.8 Å². The molecule has 8 heteroatoms. The molecule has 0 radical (unpaired) electrons. The highest BCUT2D eigenvalue weighted by molar-refractivity contribution is 5.95. The zero-order valence-corrected chi connectivity index (χ0v) is 18.6. The van der Waals surface area contributed by atoms with Crippen LogP contribution in [0.4, 0.5) is 0 Å². The number of carbonyl (C=O) groups excluding carboxylic acids is 1. The highest BCUT2D eigenvalue weighted by atomic mass is 16.7. The van der Waals surface area contributed by atoms with Gasteiger partial charge in [0.2, 0.25) is 6.29 Å². The molecule has 2 aromatic carbocycles. The molecule has 0 bridgehead atoms. The molecule has 1 fully saturated rings. The summed E-state index contributed by atoms with van der Waals surface area (Å²) in [6, 6.07) is 12.6. The quantitative estimate of drug-likeness (QED) is 0.452. The molecule has 0 aromatic heterocycles. The largest absolute Gasteiger partial charge is 0.462 e. The third-order valence-corrected chi connectivity index (χ3v) is 5.73. The fraction of sp³-hybridized carbons (Fsp3) is 0.458. The monoisotopic (exact) mass is 445 g/mol. The Morgan fingerprint density at radius 2 is 1.72 bits per heavy atom. The van der Waals surface area contributed by atoms with E-state index in [2.05, 4.69) is 5.32 Å². The molecule has 6 atom stereocenters. The van der Waals surface area contributed by atoms with Gasteiger partial charge in [-0.2, -0.15) is 0 Å². The second-order valence-electron chi connectivity index (χ2n) is 8.43. The van der Waals surface area contributed by atoms with Crippen LogP contribution in [-0.4, -0.2) is 70.2 Å². The molecular formula is C24H31NO7. The number of amides is 1. The van der Waals surface area contributed by atoms with Gasteiger partial charge < -0.3 is 35.2 Å². The molecule has 1 aliphatic heterocycles. The van der Waals surface area contributed by atoms with Crippen LogP contribution in [0.15, 0.2) is 42.5 Å². The third kappa shape index (κ3) is 4.95. The van der Waals surface area contributed by atoms with Crippen molar-refractivity contribution in [2.24, 2.45) is 5.92 Å². The average molecular weight is 446 g/mol. The van der Waals surface area contributed by atoms with Gasteiger partial charge in [0.1, 0.15) is 30.2 Å². The van der Waals surface area contributed by atoms with Gasteiger partial charge in [0.15, 0.2) is 0 Å². The summed E-state index contributed by atoms with van der Waals surface area (Å²) in [6.07, 6.45) is -7.89. The number of aliphatic hydroxyl groups excluding tert-OH is 4. The Morgan fingerprint density at radius 1 is 1.03 bits per heavy atom. The molecule has 1 aliphatic rings. The van der Waals surface area contributed by atoms with E-state index in [9.17, 15) is 25.2 Å². The number of carbonyl (C=O) groups is 1. The SMILES string of the molecule is CNC(=O)c1cccc(-c2ccc(O[C@H]3O[C@H](C(O)C(C)C)[C@@H](O)[C@H](O)[C@@H]3O)c(C)c2)c1. The number of aryl methyl sites for hydroxylation is 1. The minimum absolute atomic E-state index is 0.175. The smallest absolute Gasteiger partial charge is 0.251 e. The van der Waals surface area contributed by atoms with Crippen molar-refractivity contribution in [3.05, 3.63) is 53.6 Å². The first kappa shape index (κ1) is 24.2. The number of hydrogen-bond acceptors (Lipinski definition) is 7. The maximum Gasteiger partial charge on any atom is 0.251 e. The summed E-state index contributed by atoms with van der Waals surface area (Å²) in [4.78, 5) is 11.9. The molecular weight excluding hydrogens is 414 g/mol. The van der Waals surface area contributed by atoms with Crippen molar-refractivity contribution in [2.45, 2.75) is 57.6 Å². The van der Waals surface area contributed by atoms with E-state index in [1.54, 1.807) is 45.2 Å². The summed E-state index contributed by atoms with van der Waals surface area (Å²) in [5, 5.41) is 43.8. The molecule has 1 amide bonds. The number of hydrogen-bond donors (Lipinski definition) is 5. The summed E-state index contributed by atoms with van der Waals surface area (Å²) >= 11 is 0. The standard InChI is InChI=1S/C24H31NO7/c1-12(2)18(26)22-20(28)19(27)21(29)24(32-22)31-17-9-8-15(10-13(17)3)14-6-5-7-16(11-14)23(30)25-4/h5-12,18-22,24,26-29H,1-4H3,(H,25,30)/t18?,19-,20-,21-,22+,24-/m0/s1. The van der Waals surface area contributed by atoms with Crippen molar-refractivity contribution in [3.63, 3.8) is 0 Å². The fourth-order valence-corrected chi connectivity index (χ4v) is 3.70. The Morgan fingerprint density at radius 3 is 2.34 bits per heavy atom. The van der Waals surface area contributed by atoms with E-state index in [-0.39, 0.29) is 11.8 Å². The van der Waals surface area contributed by atoms with Crippen LogP contribution in [0.25, 0.3) is 11.1 Å². The maximum absolute atomic E-state index is 11.9. The van der Waals surface area contributed by atoms with Crippen molar-refractivity contribution in [1.82, 2.24) is 5.32 Å². The molecule has 0 spiro atoms. The van der Waals surface area contributed by atoms with Crippen molar-refractivity contribution in [1.29, 1.82) is 0 Å². The van der Waals surface area contributed by atoms with Crippen molar-refractivity contribution in [3.8, 4) is 16.9 Å². The summed E-state index contributed by atoms with van der Waals surface area (Å²) in [5.41, 5.74) is 3.01. The zero-order valence-electron chi connectivity index (χ0n) is 18.6. The van der Waals surface area contributed by atoms with Gasteiger partial charge in [0, 0.05) is 12.6 Å². The van der Waals surface area contributed by atoms with Crippen molar-refractivity contribution in [2.75, 3.05) is 7.05 Å². The normalized spacial score (nSPS) is 26.6. The lowest BCUT2D eigenvalue weighted by atomic mass is 9.90. The number of aliphatic hydroxyl groups is 4. The van der Waals surface area contributed by atoms with Gasteiger partial charge in [0.25, 0.3) is 5.91 Å². The Hall–Kier alpha value is -2.49. The van der Waals surface area contributed by atoms with Gasteiger partial charge >= 0.3 is 0 Å². The van der Waals surface area contributed by atoms with Gasteiger partial charge in [-0.25, -0.2) is 0 Å². The highest BCUT2D eigenvalue weighted by Gasteiger charge is 2.48. The summed E-state index contributed by atoms with van der Waals surface area (Å²) in [5.74, 6) is 0.0109. The Balaban J connectivity index is 1.81. The zero-order chi connectivity index (χ0) is 23.6. The lowest BCUT2D eigenvalue weighted by Crippen LogP contribution is -2.62. The summed E-state index contributed by atoms with van der Waals surface area (Å²) < 4.78 is 11.5. The Kier molecular flexibility index (Phi) is 7.53. The van der Waals surface area contributed by atoms with Gasteiger partial charge in [-0.15, -0.1) is 0 Å². The van der Waals surface area contributed by atoms with Gasteiger partial charge in [-0.3, -0.25) is 4.79 Å². The van der Waals surface area contributed by atoms with Gasteiger partial charge in [-0.1, -0.05) is 32.0 Å². The lowest BCUT2D eigenvalue weighted by molar-refractivity contribution is -0.291. The topological polar surface area (TPSA) is 128 Å². The van der Waals surface area contributed by atoms with Crippen LogP contribution in [0.2, 0.25) is 0 Å². The van der Waals surface area contributed by atoms with E-state index < -0.39 is 36.8 Å². The van der Waals surface area contributed by atoms with Crippen LogP contribution < -0.4 is 10.1 Å². The molecule has 3 rings (SSSR count). The number of benzene rings is 2. The van der Waals surface area contributed by atoms with E-state index in [1.807, 2.05) is 25.1 Å². The predicted molar refractivity (Wildman–Crippen MR) is 118 cm³/mol. The van der Waals surface area contributed by atoms with Crippen LogP contribution in [-0.2, 0) is 4.74 Å². The fourth-order valence-electron chi connectivity index (χ4n) is 3.70. The first-order chi connectivity index (χ1) is 15.1. The van der Waals surface area contributed by atoms with E-state index in [4.69, 9.17) is 9.47 Å². The van der Waals surface area contributed by atoms with E-state index in [1.165, 1.54) is 0 Å². The molecule has 8 nitrogen and oxygen atoms in total. The Bertz CT molecular complexity index is 948. The van der Waals surface area contributed by atoms with Gasteiger partial charge in [-0.05, 0) is 53.8 Å². The molecule has 174 valence electrons. The van der Waals surface area contributed by atoms with E-state index in [0.29, 0.717) is 11.3 Å². The van der Waals surface area contributed by atoms with Crippen molar-refractivity contribution >= 4 is 5.91 Å². The number of ether oxygens (including phenoxy) is 2. The molecule has 0 aliphatic carbocycles. The highest BCUT2D eigenvalue weighted by Crippen LogP contribution is 2.31. The first-order valence-corrected chi connectivity index (χ1v) is 10.6. The second kappa shape index (κ2) is 9.97. The summed E-state index contributed by atoms with van der Waals surface area (Å²) in [6.45, 7) is 5.34. The summed E-state index contributed by atoms with van der Waals surface area (Å²) in [7, 11) is 1.58. The molecule has 1 unspecified atom stereocenters. The number of nitrogens with one attached hydrogen (secondary N) is 1. The van der Waals surface area contributed by atoms with E-state index in [0.717, 1.165) is 16.7 Å². The second-order valence-corrected chi connectivity index (χ2v) is 8.43. The van der Waals surface area contributed by atoms with E-state index >= 15 is 0 Å². The maximum atomic E-state index is 11.9. The molecule has 2 aromatic rings. The molecule has 1 saturated heterocycles. The molecule has 5 N–H and O–H groups in total. The number of rotatable bonds is 6. The minimum Gasteiger partial charge on any atom is -0.462 e. The third-order valence-electron chi connectivity index (χ3n) is 5.73. The Labute approximate surface area is 187 Å². The van der Waals surface area contributed by atoms with Crippen molar-refractivity contribution < 1.29 is 34.7 Å².